The Kier molecular flexibility index (Phi) is 4.73. The molecular formula is C16H26O. The molecule has 0 aromatic heterocycles. The van der Waals surface area contributed by atoms with Crippen LogP contribution in [0.15, 0.2) is 23.3 Å². The summed E-state index contributed by atoms with van der Waals surface area (Å²) in [5.41, 5.74) is 2.80. The minimum absolute atomic E-state index is 0.125. The summed E-state index contributed by atoms with van der Waals surface area (Å²) in [4.78, 5) is 11.7. The zero-order valence-electron chi connectivity index (χ0n) is 12.0. The lowest BCUT2D eigenvalue weighted by Crippen LogP contribution is -2.34. The molecule has 0 amide bonds. The zero-order valence-corrected chi connectivity index (χ0v) is 12.0. The van der Waals surface area contributed by atoms with Crippen LogP contribution in [-0.2, 0) is 4.79 Å². The summed E-state index contributed by atoms with van der Waals surface area (Å²) in [6, 6.07) is 0. The summed E-state index contributed by atoms with van der Waals surface area (Å²) in [5.74, 6) is 0.722. The molecule has 0 saturated carbocycles. The minimum Gasteiger partial charge on any atom is -0.299 e. The molecule has 1 heteroatoms. The highest BCUT2D eigenvalue weighted by Crippen LogP contribution is 2.41. The first-order valence-corrected chi connectivity index (χ1v) is 6.70. The molecule has 0 heterocycles. The Labute approximate surface area is 106 Å². The molecule has 1 rings (SSSR count). The van der Waals surface area contributed by atoms with Crippen LogP contribution in [0.3, 0.4) is 0 Å². The van der Waals surface area contributed by atoms with Crippen molar-refractivity contribution in [2.24, 2.45) is 11.3 Å². The number of hydrogen-bond acceptors (Lipinski definition) is 1. The van der Waals surface area contributed by atoms with Gasteiger partial charge < -0.3 is 0 Å². The predicted octanol–water partition coefficient (Wildman–Crippen LogP) is 4.68. The van der Waals surface area contributed by atoms with Crippen LogP contribution in [0.1, 0.15) is 60.3 Å². The largest absolute Gasteiger partial charge is 0.299 e. The summed E-state index contributed by atoms with van der Waals surface area (Å²) < 4.78 is 0. The summed E-state index contributed by atoms with van der Waals surface area (Å²) in [6.45, 7) is 10.3. The minimum atomic E-state index is -0.125. The summed E-state index contributed by atoms with van der Waals surface area (Å²) in [6.07, 6.45) is 9.04. The number of allylic oxidation sites excluding steroid dienone is 4. The van der Waals surface area contributed by atoms with Crippen molar-refractivity contribution in [2.75, 3.05) is 0 Å². The van der Waals surface area contributed by atoms with Crippen LogP contribution in [-0.4, -0.2) is 5.78 Å². The second-order valence-corrected chi connectivity index (χ2v) is 5.91. The molecular weight excluding hydrogens is 208 g/mol. The number of rotatable bonds is 4. The molecule has 0 N–H and O–H groups in total. The lowest BCUT2D eigenvalue weighted by atomic mass is 9.67. The molecule has 0 radical (unpaired) electrons. The van der Waals surface area contributed by atoms with Gasteiger partial charge in [0.1, 0.15) is 5.78 Å². The maximum Gasteiger partial charge on any atom is 0.136 e. The highest BCUT2D eigenvalue weighted by Gasteiger charge is 2.37. The van der Waals surface area contributed by atoms with Crippen LogP contribution in [0.4, 0.5) is 0 Å². The monoisotopic (exact) mass is 234 g/mol. The summed E-state index contributed by atoms with van der Waals surface area (Å²) >= 11 is 0. The number of Topliss-reactive ketones (excluding diaryl/α,β-unsaturated/α-hetero) is 1. The first-order valence-electron chi connectivity index (χ1n) is 6.70. The van der Waals surface area contributed by atoms with Crippen molar-refractivity contribution in [1.29, 1.82) is 0 Å². The molecule has 0 saturated heterocycles. The normalized spacial score (nSPS) is 28.5. The molecule has 0 fully saturated rings. The molecule has 0 aliphatic heterocycles. The van der Waals surface area contributed by atoms with Crippen molar-refractivity contribution in [3.8, 4) is 0 Å². The van der Waals surface area contributed by atoms with Gasteiger partial charge >= 0.3 is 0 Å². The molecule has 2 atom stereocenters. The van der Waals surface area contributed by atoms with E-state index in [9.17, 15) is 4.79 Å². The maximum atomic E-state index is 11.7. The maximum absolute atomic E-state index is 11.7. The topological polar surface area (TPSA) is 17.1 Å². The van der Waals surface area contributed by atoms with E-state index in [2.05, 4.69) is 39.8 Å². The van der Waals surface area contributed by atoms with Gasteiger partial charge in [0, 0.05) is 5.41 Å². The average molecular weight is 234 g/mol. The fraction of sp³-hybridized carbons (Fsp3) is 0.688. The van der Waals surface area contributed by atoms with Crippen molar-refractivity contribution in [3.63, 3.8) is 0 Å². The molecule has 0 aromatic carbocycles. The molecule has 1 aliphatic rings. The van der Waals surface area contributed by atoms with E-state index < -0.39 is 0 Å². The summed E-state index contributed by atoms with van der Waals surface area (Å²) in [5, 5.41) is 0. The van der Waals surface area contributed by atoms with Gasteiger partial charge in [-0.25, -0.2) is 0 Å². The molecule has 17 heavy (non-hydrogen) atoms. The van der Waals surface area contributed by atoms with Gasteiger partial charge in [-0.3, -0.25) is 4.79 Å². The van der Waals surface area contributed by atoms with Gasteiger partial charge in [-0.2, -0.15) is 0 Å². The molecule has 1 unspecified atom stereocenters. The fourth-order valence-corrected chi connectivity index (χ4v) is 2.52. The number of hydrogen-bond donors (Lipinski definition) is 0. The van der Waals surface area contributed by atoms with E-state index in [4.69, 9.17) is 0 Å². The van der Waals surface area contributed by atoms with Crippen LogP contribution < -0.4 is 0 Å². The van der Waals surface area contributed by atoms with Crippen molar-refractivity contribution >= 4 is 5.78 Å². The van der Waals surface area contributed by atoms with E-state index in [0.29, 0.717) is 11.7 Å². The molecule has 1 aliphatic carbocycles. The third kappa shape index (κ3) is 3.55. The fourth-order valence-electron chi connectivity index (χ4n) is 2.52. The van der Waals surface area contributed by atoms with E-state index in [0.717, 1.165) is 25.7 Å². The lowest BCUT2D eigenvalue weighted by molar-refractivity contribution is -0.128. The highest BCUT2D eigenvalue weighted by atomic mass is 16.1. The predicted molar refractivity (Wildman–Crippen MR) is 73.9 cm³/mol. The van der Waals surface area contributed by atoms with Crippen molar-refractivity contribution < 1.29 is 4.79 Å². The first kappa shape index (κ1) is 14.2. The van der Waals surface area contributed by atoms with E-state index in [1.807, 2.05) is 0 Å². The van der Waals surface area contributed by atoms with E-state index in [1.54, 1.807) is 6.92 Å². The van der Waals surface area contributed by atoms with Gasteiger partial charge in [-0.1, -0.05) is 37.1 Å². The van der Waals surface area contributed by atoms with E-state index in [1.165, 1.54) is 11.1 Å². The Morgan fingerprint density at radius 3 is 2.59 bits per heavy atom. The van der Waals surface area contributed by atoms with Crippen LogP contribution in [0.5, 0.6) is 0 Å². The number of carbonyl (C=O) groups is 1. The van der Waals surface area contributed by atoms with Crippen LogP contribution in [0.2, 0.25) is 0 Å². The molecule has 96 valence electrons. The molecule has 0 bridgehead atoms. The van der Waals surface area contributed by atoms with Crippen molar-refractivity contribution in [2.45, 2.75) is 60.3 Å². The number of ketones is 1. The molecule has 1 nitrogen and oxygen atoms in total. The highest BCUT2D eigenvalue weighted by molar-refractivity contribution is 5.82. The van der Waals surface area contributed by atoms with Crippen molar-refractivity contribution in [1.82, 2.24) is 0 Å². The van der Waals surface area contributed by atoms with E-state index in [-0.39, 0.29) is 5.41 Å². The summed E-state index contributed by atoms with van der Waals surface area (Å²) in [7, 11) is 0. The Bertz CT molecular complexity index is 345. The number of carbonyl (C=O) groups excluding carboxylic acids is 1. The SMILES string of the molecule is CC(=O)[C@]1(C)CCC(CCC=C(C)C)=CC1C. The van der Waals surface area contributed by atoms with Gasteiger partial charge in [-0.15, -0.1) is 0 Å². The van der Waals surface area contributed by atoms with Gasteiger partial charge in [0.05, 0.1) is 0 Å². The van der Waals surface area contributed by atoms with E-state index >= 15 is 0 Å². The standard InChI is InChI=1S/C16H26O/c1-12(2)7-6-8-15-9-10-16(5,14(4)17)13(3)11-15/h7,11,13H,6,8-10H2,1-5H3/t13?,16-/m1/s1. The van der Waals surface area contributed by atoms with Gasteiger partial charge in [0.15, 0.2) is 0 Å². The zero-order chi connectivity index (χ0) is 13.1. The average Bonchev–Trinajstić information content (AvgIpc) is 2.22. The quantitative estimate of drug-likeness (QED) is 0.645. The van der Waals surface area contributed by atoms with Crippen molar-refractivity contribution in [3.05, 3.63) is 23.3 Å². The Hall–Kier alpha value is -0.850. The van der Waals surface area contributed by atoms with Crippen LogP contribution >= 0.6 is 0 Å². The third-order valence-electron chi connectivity index (χ3n) is 4.28. The second kappa shape index (κ2) is 5.66. The molecule has 0 spiro atoms. The second-order valence-electron chi connectivity index (χ2n) is 5.91. The molecule has 0 aromatic rings. The van der Waals surface area contributed by atoms with Crippen LogP contribution in [0, 0.1) is 11.3 Å². The van der Waals surface area contributed by atoms with Crippen LogP contribution in [0.25, 0.3) is 0 Å². The van der Waals surface area contributed by atoms with Gasteiger partial charge in [-0.05, 0) is 52.4 Å². The Morgan fingerprint density at radius 1 is 1.47 bits per heavy atom. The smallest absolute Gasteiger partial charge is 0.136 e. The van der Waals surface area contributed by atoms with Gasteiger partial charge in [0.25, 0.3) is 0 Å². The Morgan fingerprint density at radius 2 is 2.12 bits per heavy atom. The third-order valence-corrected chi connectivity index (χ3v) is 4.28. The van der Waals surface area contributed by atoms with Gasteiger partial charge in [0.2, 0.25) is 0 Å². The Balaban J connectivity index is 2.63. The lowest BCUT2D eigenvalue weighted by Gasteiger charge is -2.36. The first-order chi connectivity index (χ1) is 7.86.